The van der Waals surface area contributed by atoms with Crippen LogP contribution in [0, 0.1) is 0 Å². The summed E-state index contributed by atoms with van der Waals surface area (Å²) in [5, 5.41) is 2.07. The second kappa shape index (κ2) is 5.92. The Morgan fingerprint density at radius 2 is 1.58 bits per heavy atom. The molecule has 3 N–H and O–H groups in total. The smallest absolute Gasteiger partial charge is 0.413 e. The van der Waals surface area contributed by atoms with E-state index in [9.17, 15) is 9.36 Å². The Morgan fingerprint density at radius 1 is 1.11 bits per heavy atom. The van der Waals surface area contributed by atoms with Crippen LogP contribution in [0.2, 0.25) is 0 Å². The molecule has 0 unspecified atom stereocenters. The number of anilines is 1. The van der Waals surface area contributed by atoms with Crippen LogP contribution >= 0.6 is 7.60 Å². The van der Waals surface area contributed by atoms with Gasteiger partial charge < -0.3 is 29.3 Å². The fourth-order valence-corrected chi connectivity index (χ4v) is 1.62. The largest absolute Gasteiger partial charge is 0.493 e. The molecule has 106 valence electrons. The lowest BCUT2D eigenvalue weighted by molar-refractivity contribution is 0.258. The molecule has 0 spiro atoms. The molecule has 0 aliphatic rings. The average molecular weight is 291 g/mol. The van der Waals surface area contributed by atoms with Crippen molar-refractivity contribution in [2.75, 3.05) is 26.6 Å². The van der Waals surface area contributed by atoms with Crippen LogP contribution in [0.1, 0.15) is 0 Å². The minimum atomic E-state index is -4.85. The van der Waals surface area contributed by atoms with Crippen LogP contribution in [0.15, 0.2) is 12.1 Å². The van der Waals surface area contributed by atoms with Crippen molar-refractivity contribution in [2.24, 2.45) is 0 Å². The van der Waals surface area contributed by atoms with E-state index in [4.69, 9.17) is 24.0 Å². The van der Waals surface area contributed by atoms with Crippen molar-refractivity contribution < 1.29 is 33.4 Å². The Morgan fingerprint density at radius 3 is 1.89 bits per heavy atom. The number of hydrogen-bond donors (Lipinski definition) is 3. The highest BCUT2D eigenvalue weighted by atomic mass is 31.2. The number of methoxy groups -OCH3 is 3. The van der Waals surface area contributed by atoms with Crippen LogP contribution in [0.5, 0.6) is 17.2 Å². The lowest BCUT2D eigenvalue weighted by Crippen LogP contribution is -2.10. The molecule has 0 aliphatic heterocycles. The van der Waals surface area contributed by atoms with Gasteiger partial charge in [0.25, 0.3) is 0 Å². The van der Waals surface area contributed by atoms with Gasteiger partial charge in [-0.1, -0.05) is 0 Å². The molecule has 0 bridgehead atoms. The highest BCUT2D eigenvalue weighted by Crippen LogP contribution is 2.42. The lowest BCUT2D eigenvalue weighted by atomic mass is 10.2. The molecule has 0 aliphatic carbocycles. The standard InChI is InChI=1S/C10H14NO7P/c1-16-7-4-6(11-10(12)19(13,14)15)5-8(17-2)9(7)18-3/h4-5H,1-3H3,(H,11,12)(H2,13,14,15). The number of carbonyl (C=O) groups excluding carboxylic acids is 1. The first-order valence-electron chi connectivity index (χ1n) is 5.00. The Kier molecular flexibility index (Phi) is 4.77. The van der Waals surface area contributed by atoms with Crippen LogP contribution < -0.4 is 19.5 Å². The molecule has 0 atom stereocenters. The summed E-state index contributed by atoms with van der Waals surface area (Å²) in [5.74, 6) is 0.810. The predicted octanol–water partition coefficient (Wildman–Crippen LogP) is 1.42. The van der Waals surface area contributed by atoms with E-state index in [2.05, 4.69) is 5.32 Å². The van der Waals surface area contributed by atoms with E-state index in [1.165, 1.54) is 33.5 Å². The van der Waals surface area contributed by atoms with Gasteiger partial charge in [0.15, 0.2) is 11.5 Å². The van der Waals surface area contributed by atoms with E-state index < -0.39 is 13.2 Å². The van der Waals surface area contributed by atoms with Crippen LogP contribution in [0.25, 0.3) is 0 Å². The van der Waals surface area contributed by atoms with Crippen LogP contribution in [-0.4, -0.2) is 36.8 Å². The van der Waals surface area contributed by atoms with Crippen molar-refractivity contribution in [1.29, 1.82) is 0 Å². The van der Waals surface area contributed by atoms with Gasteiger partial charge in [-0.2, -0.15) is 0 Å². The third kappa shape index (κ3) is 3.60. The van der Waals surface area contributed by atoms with Crippen molar-refractivity contribution in [3.05, 3.63) is 12.1 Å². The van der Waals surface area contributed by atoms with Crippen molar-refractivity contribution in [1.82, 2.24) is 0 Å². The molecule has 0 saturated heterocycles. The lowest BCUT2D eigenvalue weighted by Gasteiger charge is -2.14. The van der Waals surface area contributed by atoms with Crippen LogP contribution in [0.4, 0.5) is 10.5 Å². The van der Waals surface area contributed by atoms with Gasteiger partial charge in [-0.05, 0) is 0 Å². The SMILES string of the molecule is COc1cc(NC(=O)P(=O)(O)O)cc(OC)c1OC. The highest BCUT2D eigenvalue weighted by Gasteiger charge is 2.26. The molecule has 0 saturated carbocycles. The van der Waals surface area contributed by atoms with Crippen LogP contribution in [-0.2, 0) is 4.57 Å². The number of ether oxygens (including phenoxy) is 3. The second-order valence-corrected chi connectivity index (χ2v) is 4.88. The quantitative estimate of drug-likeness (QED) is 0.703. The minimum absolute atomic E-state index is 0.114. The molecule has 0 radical (unpaired) electrons. The molecule has 1 aromatic rings. The van der Waals surface area contributed by atoms with Crippen LogP contribution in [0.3, 0.4) is 0 Å². The van der Waals surface area contributed by atoms with E-state index in [1.807, 2.05) is 0 Å². The number of carbonyl (C=O) groups is 1. The Balaban J connectivity index is 3.17. The zero-order valence-electron chi connectivity index (χ0n) is 10.5. The second-order valence-electron chi connectivity index (χ2n) is 3.39. The van der Waals surface area contributed by atoms with Gasteiger partial charge in [0.05, 0.1) is 21.3 Å². The molecule has 9 heteroatoms. The van der Waals surface area contributed by atoms with Gasteiger partial charge in [0.1, 0.15) is 0 Å². The van der Waals surface area contributed by atoms with Crippen molar-refractivity contribution in [2.45, 2.75) is 0 Å². The molecule has 0 heterocycles. The average Bonchev–Trinajstić information content (AvgIpc) is 2.36. The van der Waals surface area contributed by atoms with E-state index in [1.54, 1.807) is 0 Å². The number of hydrogen-bond acceptors (Lipinski definition) is 5. The molecule has 1 amide bonds. The monoisotopic (exact) mass is 291 g/mol. The summed E-state index contributed by atoms with van der Waals surface area (Å²) in [4.78, 5) is 28.6. The van der Waals surface area contributed by atoms with Gasteiger partial charge in [-0.15, -0.1) is 0 Å². The maximum absolute atomic E-state index is 11.2. The fraction of sp³-hybridized carbons (Fsp3) is 0.300. The first-order chi connectivity index (χ1) is 8.83. The third-order valence-electron chi connectivity index (χ3n) is 2.18. The minimum Gasteiger partial charge on any atom is -0.493 e. The summed E-state index contributed by atoms with van der Waals surface area (Å²) in [6.45, 7) is 0. The Labute approximate surface area is 109 Å². The number of benzene rings is 1. The van der Waals surface area contributed by atoms with Crippen molar-refractivity contribution >= 4 is 18.9 Å². The summed E-state index contributed by atoms with van der Waals surface area (Å²) in [6, 6.07) is 2.71. The van der Waals surface area contributed by atoms with E-state index in [0.29, 0.717) is 5.75 Å². The predicted molar refractivity (Wildman–Crippen MR) is 67.2 cm³/mol. The topological polar surface area (TPSA) is 114 Å². The van der Waals surface area contributed by atoms with Crippen molar-refractivity contribution in [3.8, 4) is 17.2 Å². The molecular weight excluding hydrogens is 277 g/mol. The molecule has 0 aromatic heterocycles. The van der Waals surface area contributed by atoms with Gasteiger partial charge in [-0.25, -0.2) is 4.57 Å². The first kappa shape index (κ1) is 15.3. The summed E-state index contributed by atoms with van der Waals surface area (Å²) in [5.41, 5.74) is -1.30. The van der Waals surface area contributed by atoms with Gasteiger partial charge in [0, 0.05) is 17.8 Å². The Bertz CT molecular complexity index is 500. The van der Waals surface area contributed by atoms with Gasteiger partial charge >= 0.3 is 13.2 Å². The number of nitrogens with one attached hydrogen (secondary N) is 1. The molecule has 1 rings (SSSR count). The fourth-order valence-electron chi connectivity index (χ4n) is 1.35. The van der Waals surface area contributed by atoms with Gasteiger partial charge in [-0.3, -0.25) is 4.79 Å². The highest BCUT2D eigenvalue weighted by molar-refractivity contribution is 7.70. The summed E-state index contributed by atoms with van der Waals surface area (Å²) < 4.78 is 25.9. The molecule has 19 heavy (non-hydrogen) atoms. The zero-order chi connectivity index (χ0) is 14.6. The van der Waals surface area contributed by atoms with Gasteiger partial charge in [0.2, 0.25) is 5.75 Å². The maximum Gasteiger partial charge on any atom is 0.413 e. The van der Waals surface area contributed by atoms with E-state index in [0.717, 1.165) is 0 Å². The molecule has 1 aromatic carbocycles. The Hall–Kier alpha value is -1.76. The first-order valence-corrected chi connectivity index (χ1v) is 6.61. The van der Waals surface area contributed by atoms with E-state index in [-0.39, 0.29) is 17.2 Å². The summed E-state index contributed by atoms with van der Waals surface area (Å²) in [6.07, 6.45) is 0. The van der Waals surface area contributed by atoms with Crippen molar-refractivity contribution in [3.63, 3.8) is 0 Å². The normalized spacial score (nSPS) is 10.8. The maximum atomic E-state index is 11.2. The summed E-state index contributed by atoms with van der Waals surface area (Å²) >= 11 is 0. The molecule has 0 fully saturated rings. The number of amides is 1. The molecular formula is C10H14NO7P. The molecule has 8 nitrogen and oxygen atoms in total. The van der Waals surface area contributed by atoms with E-state index >= 15 is 0 Å². The summed E-state index contributed by atoms with van der Waals surface area (Å²) in [7, 11) is -0.678. The number of rotatable bonds is 5. The third-order valence-corrected chi connectivity index (χ3v) is 2.82. The zero-order valence-corrected chi connectivity index (χ0v) is 11.4.